The van der Waals surface area contributed by atoms with Crippen LogP contribution in [0.3, 0.4) is 0 Å². The highest BCUT2D eigenvalue weighted by molar-refractivity contribution is 6.30. The van der Waals surface area contributed by atoms with E-state index in [1.165, 1.54) is 6.07 Å². The fraction of sp³-hybridized carbons (Fsp3) is 0.444. The lowest BCUT2D eigenvalue weighted by molar-refractivity contribution is -0.189. The van der Waals surface area contributed by atoms with Crippen molar-refractivity contribution >= 4 is 34.5 Å². The van der Waals surface area contributed by atoms with Crippen LogP contribution in [-0.4, -0.2) is 87.3 Å². The second-order valence-corrected chi connectivity index (χ2v) is 11.0. The molecular formula is C27H30ClF2N5O4. The predicted octanol–water partition coefficient (Wildman–Crippen LogP) is 3.27. The zero-order valence-electron chi connectivity index (χ0n) is 21.8. The number of fused-ring (bicyclic) bond motifs is 3. The summed E-state index contributed by atoms with van der Waals surface area (Å²) in [7, 11) is 0. The molecule has 2 aromatic heterocycles. The maximum Gasteiger partial charge on any atom is 0.317 e. The van der Waals surface area contributed by atoms with Crippen molar-refractivity contribution < 1.29 is 28.3 Å². The van der Waals surface area contributed by atoms with E-state index in [1.54, 1.807) is 16.2 Å². The van der Waals surface area contributed by atoms with E-state index in [1.807, 2.05) is 21.6 Å². The molecule has 0 radical (unpaired) electrons. The smallest absolute Gasteiger partial charge is 0.317 e. The number of rotatable bonds is 7. The summed E-state index contributed by atoms with van der Waals surface area (Å²) >= 11 is 5.85. The molecule has 1 fully saturated rings. The Morgan fingerprint density at radius 3 is 2.62 bits per heavy atom. The van der Waals surface area contributed by atoms with Crippen molar-refractivity contribution in [2.75, 3.05) is 45.9 Å². The Hall–Kier alpha value is -3.12. The van der Waals surface area contributed by atoms with E-state index < -0.39 is 28.0 Å². The first-order valence-corrected chi connectivity index (χ1v) is 13.1. The summed E-state index contributed by atoms with van der Waals surface area (Å²) in [5.74, 6) is -2.70. The minimum atomic E-state index is -0.871. The van der Waals surface area contributed by atoms with Gasteiger partial charge in [0.2, 0.25) is 0 Å². The van der Waals surface area contributed by atoms with Gasteiger partial charge >= 0.3 is 5.97 Å². The number of hydrogen-bond acceptors (Lipinski definition) is 6. The average molecular weight is 562 g/mol. The minimum absolute atomic E-state index is 0.0190. The van der Waals surface area contributed by atoms with Crippen LogP contribution in [0.4, 0.5) is 8.78 Å². The molecule has 2 aliphatic heterocycles. The molecule has 2 aliphatic rings. The summed E-state index contributed by atoms with van der Waals surface area (Å²) in [5, 5.41) is 11.0. The number of carbonyl (C=O) groups is 2. The van der Waals surface area contributed by atoms with Gasteiger partial charge in [-0.3, -0.25) is 19.3 Å². The maximum atomic E-state index is 14.9. The van der Waals surface area contributed by atoms with Crippen LogP contribution < -0.4 is 0 Å². The highest BCUT2D eigenvalue weighted by Crippen LogP contribution is 2.40. The Morgan fingerprint density at radius 1 is 1.15 bits per heavy atom. The van der Waals surface area contributed by atoms with Crippen LogP contribution in [0.25, 0.3) is 11.0 Å². The second kappa shape index (κ2) is 10.8. The van der Waals surface area contributed by atoms with E-state index >= 15 is 0 Å². The van der Waals surface area contributed by atoms with Gasteiger partial charge in [-0.05, 0) is 23.8 Å². The van der Waals surface area contributed by atoms with Gasteiger partial charge in [-0.1, -0.05) is 31.5 Å². The number of carboxylic acids is 1. The van der Waals surface area contributed by atoms with E-state index in [2.05, 4.69) is 18.8 Å². The van der Waals surface area contributed by atoms with Crippen molar-refractivity contribution in [2.24, 2.45) is 0 Å². The number of aliphatic carboxylic acids is 1. The fourth-order valence-electron chi connectivity index (χ4n) is 5.59. The van der Waals surface area contributed by atoms with Crippen molar-refractivity contribution in [1.82, 2.24) is 24.4 Å². The molecule has 0 unspecified atom stereocenters. The summed E-state index contributed by atoms with van der Waals surface area (Å²) < 4.78 is 30.6. The fourth-order valence-corrected chi connectivity index (χ4v) is 5.77. The summed E-state index contributed by atoms with van der Waals surface area (Å²) in [4.78, 5) is 38.1. The normalized spacial score (nSPS) is 17.9. The number of hydroxylamine groups is 2. The molecule has 3 aromatic rings. The third kappa shape index (κ3) is 5.49. The Bertz CT molecular complexity index is 1420. The molecule has 4 heterocycles. The summed E-state index contributed by atoms with van der Waals surface area (Å²) in [6, 6.07) is 6.33. The van der Waals surface area contributed by atoms with Crippen LogP contribution in [0.5, 0.6) is 0 Å². The van der Waals surface area contributed by atoms with Crippen molar-refractivity contribution in [3.8, 4) is 0 Å². The molecule has 0 aliphatic carbocycles. The van der Waals surface area contributed by atoms with Crippen LogP contribution in [0.1, 0.15) is 30.7 Å². The molecule has 1 aromatic carbocycles. The van der Waals surface area contributed by atoms with E-state index in [-0.39, 0.29) is 37.7 Å². The Kier molecular flexibility index (Phi) is 7.60. The number of aromatic nitrogens is 2. The first kappa shape index (κ1) is 27.4. The molecule has 0 saturated carbocycles. The molecule has 208 valence electrons. The van der Waals surface area contributed by atoms with Gasteiger partial charge in [0.05, 0.1) is 19.6 Å². The first-order chi connectivity index (χ1) is 18.5. The first-order valence-electron chi connectivity index (χ1n) is 12.7. The third-order valence-corrected chi connectivity index (χ3v) is 7.73. The minimum Gasteiger partial charge on any atom is -0.480 e. The molecule has 0 spiro atoms. The quantitative estimate of drug-likeness (QED) is 0.443. The average Bonchev–Trinajstić information content (AvgIpc) is 3.22. The van der Waals surface area contributed by atoms with Crippen LogP contribution in [0.15, 0.2) is 30.5 Å². The maximum absolute atomic E-state index is 14.9. The molecule has 12 heteroatoms. The van der Waals surface area contributed by atoms with E-state index in [9.17, 15) is 18.4 Å². The zero-order chi connectivity index (χ0) is 27.9. The van der Waals surface area contributed by atoms with Crippen molar-refractivity contribution in [2.45, 2.75) is 32.4 Å². The van der Waals surface area contributed by atoms with Crippen LogP contribution in [-0.2, 0) is 32.9 Å². The molecule has 1 saturated heterocycles. The monoisotopic (exact) mass is 561 g/mol. The molecule has 0 atom stereocenters. The van der Waals surface area contributed by atoms with Gasteiger partial charge in [0, 0.05) is 61.0 Å². The van der Waals surface area contributed by atoms with Gasteiger partial charge in [0.1, 0.15) is 28.9 Å². The lowest BCUT2D eigenvalue weighted by Gasteiger charge is -2.39. The number of amides is 1. The summed E-state index contributed by atoms with van der Waals surface area (Å²) in [6.45, 7) is 6.84. The summed E-state index contributed by atoms with van der Waals surface area (Å²) in [6.07, 6.45) is 1.66. The van der Waals surface area contributed by atoms with Gasteiger partial charge in [0.15, 0.2) is 0 Å². The number of piperazine rings is 1. The van der Waals surface area contributed by atoms with Gasteiger partial charge in [-0.15, -0.1) is 0 Å². The number of benzene rings is 1. The Morgan fingerprint density at radius 2 is 1.90 bits per heavy atom. The Labute approximate surface area is 229 Å². The molecule has 39 heavy (non-hydrogen) atoms. The highest BCUT2D eigenvalue weighted by atomic mass is 35.5. The molecular weight excluding hydrogens is 532 g/mol. The Balaban J connectivity index is 1.37. The van der Waals surface area contributed by atoms with Crippen molar-refractivity contribution in [3.05, 3.63) is 63.9 Å². The summed E-state index contributed by atoms with van der Waals surface area (Å²) in [5.41, 5.74) is 2.31. The van der Waals surface area contributed by atoms with Crippen LogP contribution in [0.2, 0.25) is 5.02 Å². The number of hydrogen-bond donors (Lipinski definition) is 1. The largest absolute Gasteiger partial charge is 0.480 e. The topological polar surface area (TPSA) is 91.1 Å². The SMILES string of the molecule is CC1(C)CN(C(=O)CON2CCN(CC(=O)O)CC2)Cc2c1c1cccnc1n2Cc1ccc(F)c(Cl)c1F. The molecule has 0 bridgehead atoms. The molecule has 5 rings (SSSR count). The van der Waals surface area contributed by atoms with E-state index in [0.717, 1.165) is 22.7 Å². The second-order valence-electron chi connectivity index (χ2n) is 10.6. The van der Waals surface area contributed by atoms with E-state index in [0.29, 0.717) is 38.4 Å². The molecule has 1 N–H and O–H groups in total. The molecule has 1 amide bonds. The lowest BCUT2D eigenvalue weighted by Crippen LogP contribution is -2.50. The van der Waals surface area contributed by atoms with Crippen molar-refractivity contribution in [3.63, 3.8) is 0 Å². The lowest BCUT2D eigenvalue weighted by atomic mass is 9.79. The predicted molar refractivity (Wildman–Crippen MR) is 140 cm³/mol. The van der Waals surface area contributed by atoms with Crippen LogP contribution in [0, 0.1) is 11.6 Å². The number of carbonyl (C=O) groups excluding carboxylic acids is 1. The van der Waals surface area contributed by atoms with Gasteiger partial charge in [0.25, 0.3) is 5.91 Å². The molecule has 9 nitrogen and oxygen atoms in total. The zero-order valence-corrected chi connectivity index (χ0v) is 22.5. The van der Waals surface area contributed by atoms with Gasteiger partial charge in [-0.25, -0.2) is 13.8 Å². The third-order valence-electron chi connectivity index (χ3n) is 7.39. The number of pyridine rings is 1. The number of carboxylic acid groups (broad SMARTS) is 1. The van der Waals surface area contributed by atoms with Gasteiger partial charge in [-0.2, -0.15) is 5.06 Å². The highest BCUT2D eigenvalue weighted by Gasteiger charge is 2.39. The number of halogens is 3. The van der Waals surface area contributed by atoms with Crippen LogP contribution >= 0.6 is 11.6 Å². The standard InChI is InChI=1S/C27H30ClF2N5O4/c1-27(2)16-33(21(36)15-39-34-10-8-32(9-11-34)14-22(37)38)13-20-23(27)18-4-3-7-31-26(18)35(20)12-17-5-6-19(29)24(28)25(17)30/h3-7H,8-16H2,1-2H3,(H,37,38). The number of nitrogens with zero attached hydrogens (tertiary/aromatic N) is 5. The van der Waals surface area contributed by atoms with Gasteiger partial charge < -0.3 is 14.6 Å². The van der Waals surface area contributed by atoms with E-state index in [4.69, 9.17) is 21.5 Å². The van der Waals surface area contributed by atoms with Crippen molar-refractivity contribution in [1.29, 1.82) is 0 Å².